The fourth-order valence-corrected chi connectivity index (χ4v) is 3.89. The quantitative estimate of drug-likeness (QED) is 0.608. The number of alkyl halides is 3. The molecule has 0 aliphatic carbocycles. The summed E-state index contributed by atoms with van der Waals surface area (Å²) in [4.78, 5) is 29.2. The molecule has 1 atom stereocenters. The molecular formula is C23H25F3N6O2. The van der Waals surface area contributed by atoms with E-state index in [2.05, 4.69) is 25.2 Å². The van der Waals surface area contributed by atoms with Crippen LogP contribution in [0.3, 0.4) is 0 Å². The molecule has 11 heteroatoms. The normalized spacial score (nSPS) is 15.9. The Bertz CT molecular complexity index is 1200. The van der Waals surface area contributed by atoms with Crippen LogP contribution in [-0.4, -0.2) is 77.0 Å². The Labute approximate surface area is 194 Å². The molecule has 1 aliphatic rings. The van der Waals surface area contributed by atoms with Gasteiger partial charge in [-0.1, -0.05) is 6.07 Å². The van der Waals surface area contributed by atoms with E-state index >= 15 is 0 Å². The zero-order chi connectivity index (χ0) is 24.5. The van der Waals surface area contributed by atoms with Crippen molar-refractivity contribution in [3.63, 3.8) is 0 Å². The molecule has 1 fully saturated rings. The summed E-state index contributed by atoms with van der Waals surface area (Å²) in [6, 6.07) is 5.52. The molecule has 1 amide bonds. The molecule has 0 unspecified atom stereocenters. The summed E-state index contributed by atoms with van der Waals surface area (Å²) in [5.41, 5.74) is 0.412. The van der Waals surface area contributed by atoms with E-state index < -0.39 is 23.7 Å². The fourth-order valence-electron chi connectivity index (χ4n) is 3.89. The first-order valence-electron chi connectivity index (χ1n) is 10.8. The van der Waals surface area contributed by atoms with E-state index in [0.717, 1.165) is 26.3 Å². The lowest BCUT2D eigenvalue weighted by Gasteiger charge is -2.34. The van der Waals surface area contributed by atoms with Crippen molar-refractivity contribution >= 4 is 22.6 Å². The Hall–Kier alpha value is -3.47. The number of carbonyl (C=O) groups is 1. The van der Waals surface area contributed by atoms with Gasteiger partial charge in [-0.25, -0.2) is 15.0 Å². The van der Waals surface area contributed by atoms with Crippen LogP contribution in [0.5, 0.6) is 5.88 Å². The number of benzene rings is 1. The highest BCUT2D eigenvalue weighted by atomic mass is 19.4. The average Bonchev–Trinajstić information content (AvgIpc) is 2.83. The molecule has 34 heavy (non-hydrogen) atoms. The standard InChI is InChI=1S/C23H25F3N6O2/c1-14(22(33)32-8-6-31(2)7-9-32)30-20-17-10-15(4-5-19(17)28-13-29-20)16-11-18(23(24,25)26)21(34-3)27-12-16/h4-5,10-14H,6-9H2,1-3H3,(H,28,29,30)/t14-/m0/s1. The summed E-state index contributed by atoms with van der Waals surface area (Å²) in [6.07, 6.45) is -1.90. The van der Waals surface area contributed by atoms with Gasteiger partial charge in [-0.15, -0.1) is 0 Å². The summed E-state index contributed by atoms with van der Waals surface area (Å²) in [6.45, 7) is 4.70. The number of piperazine rings is 1. The number of rotatable bonds is 5. The smallest absolute Gasteiger partial charge is 0.421 e. The van der Waals surface area contributed by atoms with Gasteiger partial charge in [-0.3, -0.25) is 4.79 Å². The van der Waals surface area contributed by atoms with Gasteiger partial charge in [-0.05, 0) is 37.7 Å². The Morgan fingerprint density at radius 2 is 1.82 bits per heavy atom. The highest BCUT2D eigenvalue weighted by Crippen LogP contribution is 2.37. The fraction of sp³-hybridized carbons (Fsp3) is 0.391. The van der Waals surface area contributed by atoms with Crippen molar-refractivity contribution in [2.45, 2.75) is 19.1 Å². The van der Waals surface area contributed by atoms with Crippen LogP contribution in [-0.2, 0) is 11.0 Å². The van der Waals surface area contributed by atoms with Crippen molar-refractivity contribution in [2.75, 3.05) is 45.7 Å². The second-order valence-corrected chi connectivity index (χ2v) is 8.23. The summed E-state index contributed by atoms with van der Waals surface area (Å²) in [7, 11) is 3.16. The molecule has 8 nitrogen and oxygen atoms in total. The lowest BCUT2D eigenvalue weighted by Crippen LogP contribution is -2.51. The van der Waals surface area contributed by atoms with E-state index in [1.165, 1.54) is 12.5 Å². The monoisotopic (exact) mass is 474 g/mol. The predicted molar refractivity (Wildman–Crippen MR) is 121 cm³/mol. The number of carbonyl (C=O) groups excluding carboxylic acids is 1. The van der Waals surface area contributed by atoms with Gasteiger partial charge >= 0.3 is 6.18 Å². The van der Waals surface area contributed by atoms with Crippen LogP contribution in [0.4, 0.5) is 19.0 Å². The largest absolute Gasteiger partial charge is 0.481 e. The minimum Gasteiger partial charge on any atom is -0.481 e. The number of halogens is 3. The van der Waals surface area contributed by atoms with Crippen molar-refractivity contribution in [3.05, 3.63) is 42.4 Å². The van der Waals surface area contributed by atoms with E-state index in [4.69, 9.17) is 4.74 Å². The summed E-state index contributed by atoms with van der Waals surface area (Å²) >= 11 is 0. The summed E-state index contributed by atoms with van der Waals surface area (Å²) in [5, 5.41) is 3.74. The number of nitrogens with zero attached hydrogens (tertiary/aromatic N) is 5. The van der Waals surface area contributed by atoms with Crippen LogP contribution in [0.15, 0.2) is 36.8 Å². The van der Waals surface area contributed by atoms with Gasteiger partial charge in [0.15, 0.2) is 0 Å². The Balaban J connectivity index is 1.64. The molecule has 3 heterocycles. The molecule has 1 N–H and O–H groups in total. The maximum absolute atomic E-state index is 13.5. The SMILES string of the molecule is COc1ncc(-c2ccc3ncnc(N[C@@H](C)C(=O)N4CCN(C)CC4)c3c2)cc1C(F)(F)F. The molecule has 2 aromatic heterocycles. The Morgan fingerprint density at radius 1 is 1.09 bits per heavy atom. The summed E-state index contributed by atoms with van der Waals surface area (Å²) in [5.74, 6) is -0.0940. The van der Waals surface area contributed by atoms with Crippen LogP contribution in [0.25, 0.3) is 22.0 Å². The minimum absolute atomic E-state index is 0.0369. The van der Waals surface area contributed by atoms with E-state index in [1.807, 2.05) is 11.9 Å². The number of methoxy groups -OCH3 is 1. The van der Waals surface area contributed by atoms with Crippen molar-refractivity contribution in [1.82, 2.24) is 24.8 Å². The van der Waals surface area contributed by atoms with Gasteiger partial charge in [0.05, 0.1) is 12.6 Å². The molecule has 0 saturated carbocycles. The van der Waals surface area contributed by atoms with Gasteiger partial charge in [0.2, 0.25) is 11.8 Å². The molecule has 0 spiro atoms. The second-order valence-electron chi connectivity index (χ2n) is 8.23. The maximum atomic E-state index is 13.5. The van der Waals surface area contributed by atoms with Gasteiger partial charge in [-0.2, -0.15) is 13.2 Å². The molecule has 1 aliphatic heterocycles. The number of aromatic nitrogens is 3. The summed E-state index contributed by atoms with van der Waals surface area (Å²) < 4.78 is 45.1. The molecule has 4 rings (SSSR count). The molecular weight excluding hydrogens is 449 g/mol. The van der Waals surface area contributed by atoms with Crippen molar-refractivity contribution < 1.29 is 22.7 Å². The lowest BCUT2D eigenvalue weighted by atomic mass is 10.0. The number of hydrogen-bond acceptors (Lipinski definition) is 7. The Morgan fingerprint density at radius 3 is 2.50 bits per heavy atom. The zero-order valence-electron chi connectivity index (χ0n) is 19.1. The number of amides is 1. The molecule has 0 radical (unpaired) electrons. The molecule has 180 valence electrons. The van der Waals surface area contributed by atoms with Crippen LogP contribution >= 0.6 is 0 Å². The van der Waals surface area contributed by atoms with Gasteiger partial charge in [0.25, 0.3) is 0 Å². The lowest BCUT2D eigenvalue weighted by molar-refractivity contribution is -0.139. The van der Waals surface area contributed by atoms with Crippen LogP contribution < -0.4 is 10.1 Å². The topological polar surface area (TPSA) is 83.5 Å². The molecule has 0 bridgehead atoms. The van der Waals surface area contributed by atoms with E-state index in [1.54, 1.807) is 25.1 Å². The maximum Gasteiger partial charge on any atom is 0.421 e. The van der Waals surface area contributed by atoms with Crippen molar-refractivity contribution in [3.8, 4) is 17.0 Å². The first-order valence-corrected chi connectivity index (χ1v) is 10.8. The number of likely N-dealkylation sites (N-methyl/N-ethyl adjacent to an activating group) is 1. The predicted octanol–water partition coefficient (Wildman–Crippen LogP) is 3.29. The zero-order valence-corrected chi connectivity index (χ0v) is 19.1. The number of hydrogen-bond donors (Lipinski definition) is 1. The number of ether oxygens (including phenoxy) is 1. The van der Waals surface area contributed by atoms with Gasteiger partial charge in [0, 0.05) is 43.3 Å². The third kappa shape index (κ3) is 4.89. The van der Waals surface area contributed by atoms with Crippen LogP contribution in [0, 0.1) is 0 Å². The molecule has 1 saturated heterocycles. The average molecular weight is 474 g/mol. The van der Waals surface area contributed by atoms with E-state index in [9.17, 15) is 18.0 Å². The number of anilines is 1. The minimum atomic E-state index is -4.61. The van der Waals surface area contributed by atoms with E-state index in [-0.39, 0.29) is 11.5 Å². The second kappa shape index (κ2) is 9.41. The number of fused-ring (bicyclic) bond motifs is 1. The first kappa shape index (κ1) is 23.7. The van der Waals surface area contributed by atoms with Gasteiger partial charge in [0.1, 0.15) is 23.8 Å². The van der Waals surface area contributed by atoms with Crippen LogP contribution in [0.1, 0.15) is 12.5 Å². The molecule has 3 aromatic rings. The van der Waals surface area contributed by atoms with Crippen molar-refractivity contribution in [2.24, 2.45) is 0 Å². The van der Waals surface area contributed by atoms with Gasteiger partial charge < -0.3 is 19.9 Å². The van der Waals surface area contributed by atoms with Crippen molar-refractivity contribution in [1.29, 1.82) is 0 Å². The molecule has 1 aromatic carbocycles. The third-order valence-electron chi connectivity index (χ3n) is 5.86. The first-order chi connectivity index (χ1) is 16.2. The number of pyridine rings is 1. The van der Waals surface area contributed by atoms with Crippen LogP contribution in [0.2, 0.25) is 0 Å². The highest BCUT2D eigenvalue weighted by Gasteiger charge is 2.35. The number of nitrogens with one attached hydrogen (secondary N) is 1. The Kier molecular flexibility index (Phi) is 6.56. The third-order valence-corrected chi connectivity index (χ3v) is 5.86. The van der Waals surface area contributed by atoms with E-state index in [0.29, 0.717) is 35.4 Å². The highest BCUT2D eigenvalue weighted by molar-refractivity contribution is 5.94.